The molecule has 0 saturated carbocycles. The molecule has 1 amide bonds. The van der Waals surface area contributed by atoms with Crippen LogP contribution in [0.2, 0.25) is 0 Å². The van der Waals surface area contributed by atoms with Crippen LogP contribution in [0.15, 0.2) is 72.8 Å². The molecule has 4 aliphatic rings. The van der Waals surface area contributed by atoms with Crippen LogP contribution in [-0.4, -0.2) is 41.4 Å². The Balaban J connectivity index is 1.56. The molecular weight excluding hydrogens is 444 g/mol. The fourth-order valence-corrected chi connectivity index (χ4v) is 8.54. The first-order valence-electron chi connectivity index (χ1n) is 11.6. The van der Waals surface area contributed by atoms with E-state index in [1.165, 1.54) is 0 Å². The monoisotopic (exact) mass is 468 g/mol. The number of ether oxygens (including phenoxy) is 1. The van der Waals surface area contributed by atoms with E-state index in [0.717, 1.165) is 45.3 Å². The van der Waals surface area contributed by atoms with Crippen molar-refractivity contribution in [2.45, 2.75) is 23.9 Å². The van der Waals surface area contributed by atoms with Gasteiger partial charge >= 0.3 is 0 Å². The van der Waals surface area contributed by atoms with Crippen molar-refractivity contribution in [1.82, 2.24) is 4.90 Å². The lowest BCUT2D eigenvalue weighted by atomic mass is 9.58. The number of fused-ring (bicyclic) bond motifs is 6. The summed E-state index contributed by atoms with van der Waals surface area (Å²) in [4.78, 5) is 31.2. The molecule has 0 aromatic heterocycles. The molecule has 0 unspecified atom stereocenters. The standard InChI is InChI=1S/C28H24N2O3S/c1-33-19-12-10-17(11-13-19)24-23-15-34-16-30(23)28(21-8-4-5-9-22(21)29-26(28)32)27(24)14-18-6-2-3-7-20(18)25(27)31/h2-13,23-24H,14-16H2,1H3,(H,29,32)/t23-,24-,27-,28-/m0/s1. The number of anilines is 1. The highest BCUT2D eigenvalue weighted by Crippen LogP contribution is 2.70. The molecule has 2 fully saturated rings. The normalized spacial score (nSPS) is 31.1. The van der Waals surface area contributed by atoms with Gasteiger partial charge in [0.25, 0.3) is 5.91 Å². The first kappa shape index (κ1) is 20.3. The van der Waals surface area contributed by atoms with Crippen LogP contribution in [-0.2, 0) is 16.8 Å². The second-order valence-corrected chi connectivity index (χ2v) is 10.6. The van der Waals surface area contributed by atoms with E-state index in [1.54, 1.807) is 7.11 Å². The Morgan fingerprint density at radius 3 is 2.56 bits per heavy atom. The molecule has 4 atom stereocenters. The number of rotatable bonds is 2. The van der Waals surface area contributed by atoms with Crippen LogP contribution in [0.1, 0.15) is 33.0 Å². The summed E-state index contributed by atoms with van der Waals surface area (Å²) >= 11 is 1.85. The van der Waals surface area contributed by atoms with Gasteiger partial charge in [0, 0.05) is 40.4 Å². The van der Waals surface area contributed by atoms with E-state index < -0.39 is 11.0 Å². The van der Waals surface area contributed by atoms with Crippen LogP contribution in [0.25, 0.3) is 0 Å². The molecule has 3 aliphatic heterocycles. The van der Waals surface area contributed by atoms with Gasteiger partial charge in [0.1, 0.15) is 11.3 Å². The minimum atomic E-state index is -1.04. The average molecular weight is 469 g/mol. The Labute approximate surface area is 202 Å². The molecular formula is C28H24N2O3S. The Morgan fingerprint density at radius 2 is 1.76 bits per heavy atom. The quantitative estimate of drug-likeness (QED) is 0.603. The number of ketones is 1. The number of hydrogen-bond donors (Lipinski definition) is 1. The number of Topliss-reactive ketones (excluding diaryl/α,β-unsaturated/α-hetero) is 1. The van der Waals surface area contributed by atoms with Crippen LogP contribution in [0.4, 0.5) is 5.69 Å². The molecule has 0 radical (unpaired) electrons. The second kappa shape index (κ2) is 6.96. The largest absolute Gasteiger partial charge is 0.497 e. The summed E-state index contributed by atoms with van der Waals surface area (Å²) in [6, 6.07) is 24.0. The third-order valence-corrected chi connectivity index (χ3v) is 9.45. The number of para-hydroxylation sites is 1. The molecule has 3 aromatic carbocycles. The fraction of sp³-hybridized carbons (Fsp3) is 0.286. The van der Waals surface area contributed by atoms with Crippen LogP contribution in [0.3, 0.4) is 0 Å². The van der Waals surface area contributed by atoms with E-state index in [9.17, 15) is 9.59 Å². The highest BCUT2D eigenvalue weighted by atomic mass is 32.2. The molecule has 170 valence electrons. The van der Waals surface area contributed by atoms with Crippen molar-refractivity contribution in [2.24, 2.45) is 5.41 Å². The van der Waals surface area contributed by atoms with Gasteiger partial charge in [-0.25, -0.2) is 0 Å². The number of nitrogens with one attached hydrogen (secondary N) is 1. The molecule has 1 aliphatic carbocycles. The zero-order valence-electron chi connectivity index (χ0n) is 18.8. The van der Waals surface area contributed by atoms with Crippen molar-refractivity contribution < 1.29 is 14.3 Å². The molecule has 7 rings (SSSR count). The highest BCUT2D eigenvalue weighted by Gasteiger charge is 2.78. The zero-order valence-corrected chi connectivity index (χ0v) is 19.6. The molecule has 2 spiro atoms. The van der Waals surface area contributed by atoms with E-state index in [0.29, 0.717) is 6.42 Å². The van der Waals surface area contributed by atoms with Gasteiger partial charge in [-0.05, 0) is 35.7 Å². The Morgan fingerprint density at radius 1 is 1.00 bits per heavy atom. The van der Waals surface area contributed by atoms with Gasteiger partial charge in [-0.3, -0.25) is 14.5 Å². The maximum Gasteiger partial charge on any atom is 0.250 e. The van der Waals surface area contributed by atoms with Gasteiger partial charge in [0.05, 0.1) is 12.5 Å². The Hall–Kier alpha value is -3.09. The zero-order chi connectivity index (χ0) is 23.1. The van der Waals surface area contributed by atoms with E-state index in [1.807, 2.05) is 66.4 Å². The number of nitrogens with zero attached hydrogens (tertiary/aromatic N) is 1. The van der Waals surface area contributed by atoms with Gasteiger partial charge in [0.2, 0.25) is 0 Å². The highest BCUT2D eigenvalue weighted by molar-refractivity contribution is 7.99. The van der Waals surface area contributed by atoms with Gasteiger partial charge in [-0.1, -0.05) is 54.6 Å². The minimum Gasteiger partial charge on any atom is -0.497 e. The third-order valence-electron chi connectivity index (χ3n) is 8.42. The summed E-state index contributed by atoms with van der Waals surface area (Å²) in [7, 11) is 1.66. The molecule has 5 nitrogen and oxygen atoms in total. The maximum atomic E-state index is 14.6. The smallest absolute Gasteiger partial charge is 0.250 e. The second-order valence-electron chi connectivity index (χ2n) is 9.63. The number of amides is 1. The predicted octanol–water partition coefficient (Wildman–Crippen LogP) is 4.44. The number of benzene rings is 3. The molecule has 3 heterocycles. The van der Waals surface area contributed by atoms with Crippen LogP contribution >= 0.6 is 11.8 Å². The summed E-state index contributed by atoms with van der Waals surface area (Å²) in [6.07, 6.45) is 0.554. The van der Waals surface area contributed by atoms with Crippen molar-refractivity contribution in [3.63, 3.8) is 0 Å². The van der Waals surface area contributed by atoms with Gasteiger partial charge in [-0.15, -0.1) is 11.8 Å². The predicted molar refractivity (Wildman–Crippen MR) is 132 cm³/mol. The fourth-order valence-electron chi connectivity index (χ4n) is 7.24. The minimum absolute atomic E-state index is 0.0710. The van der Waals surface area contributed by atoms with Gasteiger partial charge < -0.3 is 10.1 Å². The number of methoxy groups -OCH3 is 1. The summed E-state index contributed by atoms with van der Waals surface area (Å²) in [5, 5.41) is 3.17. The van der Waals surface area contributed by atoms with Crippen molar-refractivity contribution >= 4 is 29.1 Å². The molecule has 6 heteroatoms. The number of carbonyl (C=O) groups is 2. The lowest BCUT2D eigenvalue weighted by molar-refractivity contribution is -0.130. The van der Waals surface area contributed by atoms with Gasteiger partial charge in [-0.2, -0.15) is 0 Å². The van der Waals surface area contributed by atoms with Crippen LogP contribution in [0, 0.1) is 5.41 Å². The lowest BCUT2D eigenvalue weighted by Gasteiger charge is -2.44. The van der Waals surface area contributed by atoms with E-state index in [2.05, 4.69) is 28.4 Å². The van der Waals surface area contributed by atoms with Crippen molar-refractivity contribution in [2.75, 3.05) is 24.1 Å². The molecule has 1 N–H and O–H groups in total. The number of thioether (sulfide) groups is 1. The summed E-state index contributed by atoms with van der Waals surface area (Å²) in [5.74, 6) is 2.30. The molecule has 34 heavy (non-hydrogen) atoms. The first-order valence-corrected chi connectivity index (χ1v) is 12.8. The van der Waals surface area contributed by atoms with Crippen molar-refractivity contribution in [1.29, 1.82) is 0 Å². The third kappa shape index (κ3) is 2.21. The van der Waals surface area contributed by atoms with E-state index in [-0.39, 0.29) is 23.7 Å². The van der Waals surface area contributed by atoms with Crippen LogP contribution in [0.5, 0.6) is 5.75 Å². The van der Waals surface area contributed by atoms with Crippen molar-refractivity contribution in [3.8, 4) is 5.75 Å². The molecule has 3 aromatic rings. The maximum absolute atomic E-state index is 14.6. The van der Waals surface area contributed by atoms with Gasteiger partial charge in [0.15, 0.2) is 5.78 Å². The molecule has 2 saturated heterocycles. The van der Waals surface area contributed by atoms with Crippen LogP contribution < -0.4 is 10.1 Å². The topological polar surface area (TPSA) is 58.6 Å². The Kier molecular flexibility index (Phi) is 4.16. The van der Waals surface area contributed by atoms with Crippen molar-refractivity contribution in [3.05, 3.63) is 95.1 Å². The van der Waals surface area contributed by atoms with E-state index in [4.69, 9.17) is 4.74 Å². The SMILES string of the molecule is COc1ccc([C@H]2[C@@H]3CSCN3[C@@]3(C(=O)Nc4ccccc43)[C@@]23Cc2ccccc2C3=O)cc1. The summed E-state index contributed by atoms with van der Waals surface area (Å²) in [6.45, 7) is 0. The Bertz CT molecular complexity index is 1360. The average Bonchev–Trinajstić information content (AvgIpc) is 3.58. The number of hydrogen-bond acceptors (Lipinski definition) is 5. The first-order chi connectivity index (χ1) is 16.6. The summed E-state index contributed by atoms with van der Waals surface area (Å²) in [5.41, 5.74) is 2.68. The van der Waals surface area contributed by atoms with E-state index >= 15 is 0 Å². The molecule has 0 bridgehead atoms. The number of carbonyl (C=O) groups excluding carboxylic acids is 2. The lowest BCUT2D eigenvalue weighted by Crippen LogP contribution is -2.58. The summed E-state index contributed by atoms with van der Waals surface area (Å²) < 4.78 is 5.42.